The maximum atomic E-state index is 13.6. The summed E-state index contributed by atoms with van der Waals surface area (Å²) < 4.78 is 12.0. The zero-order chi connectivity index (χ0) is 37.0. The lowest BCUT2D eigenvalue weighted by Gasteiger charge is -2.29. The smallest absolute Gasteiger partial charge is 0.319 e. The highest BCUT2D eigenvalue weighted by Gasteiger charge is 2.40. The van der Waals surface area contributed by atoms with E-state index in [1.807, 2.05) is 6.92 Å². The van der Waals surface area contributed by atoms with E-state index in [1.54, 1.807) is 48.5 Å². The number of nitrogens with one attached hydrogen (secondary N) is 4. The maximum absolute atomic E-state index is 13.6. The standard InChI is InChI=1S/C36H37ClN6O8/c1-18-5-8-23(13-27(18)37)41-36(49)39-15-21-7-10-25-26(16-43(35(25)48)28-11-12-30(44)42-34(28)47)31(21)51-17-22-6-9-24(14-29(22)50-4)40-33(46)20(3)19(2)32(38)45/h5-10,13-14,20,28H,2,11-12,15-17H2,1,3-4H3,(H2,38,45)(H,40,46)(H2,39,41,49)(H,42,44,47)/t20-,28?/m0/s1. The molecule has 3 aromatic carbocycles. The quantitative estimate of drug-likeness (QED) is 0.137. The SMILES string of the molecule is C=C(C(N)=O)[C@H](C)C(=O)Nc1ccc(COc2c(CNC(=O)Nc3ccc(C)c(Cl)c3)ccc3c2CN(C2CCC(=O)NC2=O)C3=O)c(OC)c1. The van der Waals surface area contributed by atoms with E-state index < -0.39 is 41.6 Å². The van der Waals surface area contributed by atoms with Crippen LogP contribution in [0.2, 0.25) is 5.02 Å². The minimum atomic E-state index is -0.858. The van der Waals surface area contributed by atoms with Crippen LogP contribution < -0.4 is 36.5 Å². The molecule has 6 N–H and O–H groups in total. The van der Waals surface area contributed by atoms with Gasteiger partial charge in [0.2, 0.25) is 23.6 Å². The Morgan fingerprint density at radius 2 is 1.76 bits per heavy atom. The number of hydrogen-bond acceptors (Lipinski definition) is 8. The summed E-state index contributed by atoms with van der Waals surface area (Å²) in [5.74, 6) is -2.74. The van der Waals surface area contributed by atoms with E-state index in [4.69, 9.17) is 26.8 Å². The van der Waals surface area contributed by atoms with E-state index in [-0.39, 0.29) is 44.0 Å². The number of urea groups is 1. The zero-order valence-corrected chi connectivity index (χ0v) is 28.9. The molecule has 5 rings (SSSR count). The largest absolute Gasteiger partial charge is 0.496 e. The van der Waals surface area contributed by atoms with Gasteiger partial charge >= 0.3 is 6.03 Å². The maximum Gasteiger partial charge on any atom is 0.319 e. The van der Waals surface area contributed by atoms with Crippen molar-refractivity contribution >= 4 is 58.5 Å². The molecule has 51 heavy (non-hydrogen) atoms. The van der Waals surface area contributed by atoms with Crippen molar-refractivity contribution in [2.24, 2.45) is 11.7 Å². The highest BCUT2D eigenvalue weighted by molar-refractivity contribution is 6.31. The van der Waals surface area contributed by atoms with E-state index in [0.29, 0.717) is 50.2 Å². The summed E-state index contributed by atoms with van der Waals surface area (Å²) in [5.41, 5.74) is 8.96. The molecule has 266 valence electrons. The van der Waals surface area contributed by atoms with E-state index in [2.05, 4.69) is 27.8 Å². The van der Waals surface area contributed by atoms with Gasteiger partial charge in [-0.3, -0.25) is 29.3 Å². The Kier molecular flexibility index (Phi) is 10.9. The third kappa shape index (κ3) is 8.13. The highest BCUT2D eigenvalue weighted by atomic mass is 35.5. The van der Waals surface area contributed by atoms with Crippen molar-refractivity contribution in [3.8, 4) is 11.5 Å². The first-order chi connectivity index (χ1) is 24.3. The van der Waals surface area contributed by atoms with Gasteiger partial charge in [0, 0.05) is 63.3 Å². The Balaban J connectivity index is 1.38. The molecule has 2 aliphatic heterocycles. The Morgan fingerprint density at radius 3 is 2.45 bits per heavy atom. The highest BCUT2D eigenvalue weighted by Crippen LogP contribution is 2.37. The number of imide groups is 1. The molecule has 2 atom stereocenters. The van der Waals surface area contributed by atoms with Gasteiger partial charge in [-0.15, -0.1) is 0 Å². The van der Waals surface area contributed by atoms with Gasteiger partial charge in [0.05, 0.1) is 19.6 Å². The van der Waals surface area contributed by atoms with Crippen molar-refractivity contribution in [1.29, 1.82) is 0 Å². The number of hydrogen-bond donors (Lipinski definition) is 5. The van der Waals surface area contributed by atoms with E-state index in [9.17, 15) is 28.8 Å². The number of piperidine rings is 1. The molecule has 0 spiro atoms. The van der Waals surface area contributed by atoms with Gasteiger partial charge in [0.15, 0.2) is 0 Å². The van der Waals surface area contributed by atoms with Gasteiger partial charge in [0.25, 0.3) is 5.91 Å². The number of halogens is 1. The van der Waals surface area contributed by atoms with Crippen LogP contribution in [0.5, 0.6) is 11.5 Å². The lowest BCUT2D eigenvalue weighted by molar-refractivity contribution is -0.137. The van der Waals surface area contributed by atoms with Crippen LogP contribution in [-0.2, 0) is 38.9 Å². The number of aryl methyl sites for hydroxylation is 1. The van der Waals surface area contributed by atoms with Crippen LogP contribution >= 0.6 is 11.6 Å². The molecule has 15 heteroatoms. The normalized spacial score (nSPS) is 15.7. The minimum absolute atomic E-state index is 0.0114. The molecule has 14 nitrogen and oxygen atoms in total. The zero-order valence-electron chi connectivity index (χ0n) is 28.2. The Bertz CT molecular complexity index is 1960. The number of methoxy groups -OCH3 is 1. The van der Waals surface area contributed by atoms with Gasteiger partial charge < -0.3 is 36.1 Å². The second-order valence-electron chi connectivity index (χ2n) is 12.2. The number of nitrogens with zero attached hydrogens (tertiary/aromatic N) is 1. The molecular weight excluding hydrogens is 680 g/mol. The molecule has 3 aromatic rings. The number of primary amides is 1. The summed E-state index contributed by atoms with van der Waals surface area (Å²) >= 11 is 6.21. The Morgan fingerprint density at radius 1 is 1.06 bits per heavy atom. The molecule has 2 heterocycles. The molecular formula is C36H37ClN6O8. The predicted octanol–water partition coefficient (Wildman–Crippen LogP) is 3.93. The average Bonchev–Trinajstić information content (AvgIpc) is 3.43. The van der Waals surface area contributed by atoms with Crippen LogP contribution in [0.3, 0.4) is 0 Å². The summed E-state index contributed by atoms with van der Waals surface area (Å²) in [6.45, 7) is 6.94. The number of rotatable bonds is 12. The molecule has 1 fully saturated rings. The summed E-state index contributed by atoms with van der Waals surface area (Å²) in [4.78, 5) is 76.5. The van der Waals surface area contributed by atoms with Crippen LogP contribution in [0, 0.1) is 12.8 Å². The van der Waals surface area contributed by atoms with Crippen molar-refractivity contribution < 1.29 is 38.2 Å². The first-order valence-electron chi connectivity index (χ1n) is 16.0. The summed E-state index contributed by atoms with van der Waals surface area (Å²) in [5, 5.41) is 11.1. The van der Waals surface area contributed by atoms with Gasteiger partial charge in [-0.05, 0) is 56.2 Å². The first kappa shape index (κ1) is 36.4. The van der Waals surface area contributed by atoms with Crippen LogP contribution in [-0.4, -0.2) is 53.6 Å². The third-order valence-electron chi connectivity index (χ3n) is 8.78. The van der Waals surface area contributed by atoms with E-state index in [0.717, 1.165) is 5.56 Å². The number of benzene rings is 3. The fourth-order valence-electron chi connectivity index (χ4n) is 5.72. The lowest BCUT2D eigenvalue weighted by atomic mass is 10.0. The number of anilines is 2. The summed E-state index contributed by atoms with van der Waals surface area (Å²) in [6, 6.07) is 12.0. The third-order valence-corrected chi connectivity index (χ3v) is 9.18. The molecule has 0 bridgehead atoms. The first-order valence-corrected chi connectivity index (χ1v) is 16.3. The van der Waals surface area contributed by atoms with Gasteiger partial charge in [-0.25, -0.2) is 4.79 Å². The van der Waals surface area contributed by atoms with Crippen LogP contribution in [0.15, 0.2) is 60.7 Å². The number of fused-ring (bicyclic) bond motifs is 1. The number of nitrogens with two attached hydrogens (primary N) is 1. The van der Waals surface area contributed by atoms with Crippen LogP contribution in [0.1, 0.15) is 52.4 Å². The number of carbonyl (C=O) groups is 6. The van der Waals surface area contributed by atoms with Crippen LogP contribution in [0.25, 0.3) is 0 Å². The van der Waals surface area contributed by atoms with E-state index in [1.165, 1.54) is 18.9 Å². The number of amides is 7. The Hall–Kier alpha value is -5.89. The molecule has 7 amide bonds. The predicted molar refractivity (Wildman–Crippen MR) is 188 cm³/mol. The van der Waals surface area contributed by atoms with E-state index >= 15 is 0 Å². The molecule has 1 unspecified atom stereocenters. The second-order valence-corrected chi connectivity index (χ2v) is 12.6. The molecule has 0 aromatic heterocycles. The van der Waals surface area contributed by atoms with Gasteiger partial charge in [-0.1, -0.05) is 30.3 Å². The summed E-state index contributed by atoms with van der Waals surface area (Å²) in [7, 11) is 1.45. The lowest BCUT2D eigenvalue weighted by Crippen LogP contribution is -2.52. The number of carbonyl (C=O) groups excluding carboxylic acids is 6. The average molecular weight is 717 g/mol. The monoisotopic (exact) mass is 716 g/mol. The molecule has 0 aliphatic carbocycles. The minimum Gasteiger partial charge on any atom is -0.496 e. The molecule has 0 radical (unpaired) electrons. The topological polar surface area (TPSA) is 198 Å². The number of ether oxygens (including phenoxy) is 2. The van der Waals surface area contributed by atoms with Crippen molar-refractivity contribution in [2.45, 2.75) is 52.4 Å². The van der Waals surface area contributed by atoms with Crippen LogP contribution in [0.4, 0.5) is 16.2 Å². The van der Waals surface area contributed by atoms with Gasteiger partial charge in [-0.2, -0.15) is 0 Å². The fraction of sp³-hybridized carbons (Fsp3) is 0.278. The molecule has 0 saturated carbocycles. The fourth-order valence-corrected chi connectivity index (χ4v) is 5.90. The molecule has 1 saturated heterocycles. The van der Waals surface area contributed by atoms with Crippen molar-refractivity contribution in [1.82, 2.24) is 15.5 Å². The second kappa shape index (κ2) is 15.3. The summed E-state index contributed by atoms with van der Waals surface area (Å²) in [6.07, 6.45) is 0.291. The van der Waals surface area contributed by atoms with Gasteiger partial charge in [0.1, 0.15) is 24.1 Å². The van der Waals surface area contributed by atoms with Crippen molar-refractivity contribution in [2.75, 3.05) is 17.7 Å². The van der Waals surface area contributed by atoms with Crippen molar-refractivity contribution in [3.63, 3.8) is 0 Å². The Labute approximate surface area is 298 Å². The van der Waals surface area contributed by atoms with Crippen molar-refractivity contribution in [3.05, 3.63) is 93.5 Å². The molecule has 2 aliphatic rings.